The van der Waals surface area contributed by atoms with Crippen LogP contribution in [0.3, 0.4) is 0 Å². The summed E-state index contributed by atoms with van der Waals surface area (Å²) in [7, 11) is 0. The summed E-state index contributed by atoms with van der Waals surface area (Å²) in [5.41, 5.74) is 2.72. The van der Waals surface area contributed by atoms with E-state index >= 15 is 0 Å². The third kappa shape index (κ3) is 3.82. The normalized spacial score (nSPS) is 22.7. The Bertz CT molecular complexity index is 617. The predicted octanol–water partition coefficient (Wildman–Crippen LogP) is 1.75. The number of likely N-dealkylation sites (tertiary alicyclic amines) is 1. The maximum atomic E-state index is 11.5. The molecule has 2 fully saturated rings. The second-order valence-electron chi connectivity index (χ2n) is 7.59. The van der Waals surface area contributed by atoms with Gasteiger partial charge in [0.15, 0.2) is 0 Å². The van der Waals surface area contributed by atoms with E-state index in [0.717, 1.165) is 77.4 Å². The zero-order chi connectivity index (χ0) is 17.2. The number of carbonyl (C=O) groups excluding carboxylic acids is 1. The Morgan fingerprint density at radius 1 is 1.12 bits per heavy atom. The maximum Gasteiger partial charge on any atom is 0.219 e. The van der Waals surface area contributed by atoms with Gasteiger partial charge in [-0.2, -0.15) is 0 Å². The highest BCUT2D eigenvalue weighted by Gasteiger charge is 2.28. The van der Waals surface area contributed by atoms with Gasteiger partial charge in [-0.3, -0.25) is 14.6 Å². The van der Waals surface area contributed by atoms with Gasteiger partial charge in [-0.1, -0.05) is 12.1 Å². The number of amides is 1. The molecule has 5 heteroatoms. The lowest BCUT2D eigenvalue weighted by atomic mass is 10.0. The third-order valence-corrected chi connectivity index (χ3v) is 6.00. The van der Waals surface area contributed by atoms with Gasteiger partial charge in [0, 0.05) is 65.2 Å². The lowest BCUT2D eigenvalue weighted by Gasteiger charge is -2.42. The predicted molar refractivity (Wildman–Crippen MR) is 97.8 cm³/mol. The molecule has 5 nitrogen and oxygen atoms in total. The van der Waals surface area contributed by atoms with Gasteiger partial charge in [-0.25, -0.2) is 0 Å². The fraction of sp³-hybridized carbons (Fsp3) is 0.650. The van der Waals surface area contributed by atoms with Crippen LogP contribution in [0, 0.1) is 0 Å². The van der Waals surface area contributed by atoms with Gasteiger partial charge in [0.1, 0.15) is 5.75 Å². The summed E-state index contributed by atoms with van der Waals surface area (Å²) in [4.78, 5) is 18.6. The second-order valence-corrected chi connectivity index (χ2v) is 7.59. The molecule has 25 heavy (non-hydrogen) atoms. The van der Waals surface area contributed by atoms with Gasteiger partial charge in [0.2, 0.25) is 5.91 Å². The number of ether oxygens (including phenoxy) is 1. The SMILES string of the molecule is CC(=O)N1CCC(N2CCN(Cc3ccc4c(c3)OCC4)CC2)CC1. The molecule has 0 aliphatic carbocycles. The van der Waals surface area contributed by atoms with Crippen LogP contribution < -0.4 is 4.74 Å². The Labute approximate surface area is 150 Å². The van der Waals surface area contributed by atoms with Gasteiger partial charge in [-0.05, 0) is 30.0 Å². The van der Waals surface area contributed by atoms with Gasteiger partial charge < -0.3 is 9.64 Å². The monoisotopic (exact) mass is 343 g/mol. The number of nitrogens with zero attached hydrogens (tertiary/aromatic N) is 3. The Kier molecular flexibility index (Phi) is 4.95. The molecule has 3 aliphatic rings. The average Bonchev–Trinajstić information content (AvgIpc) is 3.10. The summed E-state index contributed by atoms with van der Waals surface area (Å²) in [6.45, 7) is 9.94. The molecule has 1 aromatic rings. The van der Waals surface area contributed by atoms with Crippen molar-refractivity contribution >= 4 is 5.91 Å². The molecule has 1 amide bonds. The van der Waals surface area contributed by atoms with Crippen molar-refractivity contribution in [1.82, 2.24) is 14.7 Å². The quantitative estimate of drug-likeness (QED) is 0.838. The Morgan fingerprint density at radius 3 is 2.60 bits per heavy atom. The van der Waals surface area contributed by atoms with Crippen molar-refractivity contribution in [1.29, 1.82) is 0 Å². The topological polar surface area (TPSA) is 36.0 Å². The van der Waals surface area contributed by atoms with Crippen LogP contribution in [0.4, 0.5) is 0 Å². The van der Waals surface area contributed by atoms with Crippen LogP contribution in [0.25, 0.3) is 0 Å². The van der Waals surface area contributed by atoms with E-state index in [1.807, 2.05) is 4.90 Å². The molecule has 2 saturated heterocycles. The van der Waals surface area contributed by atoms with E-state index in [1.165, 1.54) is 11.1 Å². The van der Waals surface area contributed by atoms with E-state index < -0.39 is 0 Å². The highest BCUT2D eigenvalue weighted by atomic mass is 16.5. The average molecular weight is 343 g/mol. The molecule has 0 radical (unpaired) electrons. The van der Waals surface area contributed by atoms with Crippen LogP contribution in [-0.2, 0) is 17.8 Å². The highest BCUT2D eigenvalue weighted by Crippen LogP contribution is 2.27. The molecule has 0 aromatic heterocycles. The summed E-state index contributed by atoms with van der Waals surface area (Å²) in [5, 5.41) is 0. The standard InChI is InChI=1S/C20H29N3O2/c1-16(24)22-7-4-19(5-8-22)23-11-9-21(10-12-23)15-17-2-3-18-6-13-25-20(18)14-17/h2-3,14,19H,4-13,15H2,1H3. The number of piperidine rings is 1. The van der Waals surface area contributed by atoms with E-state index in [2.05, 4.69) is 28.0 Å². The summed E-state index contributed by atoms with van der Waals surface area (Å²) in [6.07, 6.45) is 3.31. The third-order valence-electron chi connectivity index (χ3n) is 6.00. The summed E-state index contributed by atoms with van der Waals surface area (Å²) >= 11 is 0. The van der Waals surface area contributed by atoms with Crippen molar-refractivity contribution in [2.45, 2.75) is 38.8 Å². The van der Waals surface area contributed by atoms with Crippen LogP contribution in [0.1, 0.15) is 30.9 Å². The van der Waals surface area contributed by atoms with E-state index in [4.69, 9.17) is 4.74 Å². The molecule has 3 heterocycles. The summed E-state index contributed by atoms with van der Waals surface area (Å²) in [5.74, 6) is 1.31. The van der Waals surface area contributed by atoms with E-state index in [-0.39, 0.29) is 5.91 Å². The second kappa shape index (κ2) is 7.34. The number of hydrogen-bond acceptors (Lipinski definition) is 4. The van der Waals surface area contributed by atoms with E-state index in [0.29, 0.717) is 6.04 Å². The number of fused-ring (bicyclic) bond motifs is 1. The molecule has 0 unspecified atom stereocenters. The lowest BCUT2D eigenvalue weighted by molar-refractivity contribution is -0.130. The van der Waals surface area contributed by atoms with Crippen LogP contribution in [0.15, 0.2) is 18.2 Å². The summed E-state index contributed by atoms with van der Waals surface area (Å²) < 4.78 is 5.70. The summed E-state index contributed by atoms with van der Waals surface area (Å²) in [6, 6.07) is 7.38. The van der Waals surface area contributed by atoms with Crippen LogP contribution >= 0.6 is 0 Å². The van der Waals surface area contributed by atoms with Crippen LogP contribution in [0.5, 0.6) is 5.75 Å². The van der Waals surface area contributed by atoms with E-state index in [1.54, 1.807) is 6.92 Å². The van der Waals surface area contributed by atoms with Crippen molar-refractivity contribution in [3.8, 4) is 5.75 Å². The number of rotatable bonds is 3. The highest BCUT2D eigenvalue weighted by molar-refractivity contribution is 5.73. The Balaban J connectivity index is 1.25. The van der Waals surface area contributed by atoms with Crippen molar-refractivity contribution in [3.05, 3.63) is 29.3 Å². The minimum Gasteiger partial charge on any atom is -0.493 e. The van der Waals surface area contributed by atoms with Gasteiger partial charge in [0.05, 0.1) is 6.61 Å². The van der Waals surface area contributed by atoms with Crippen LogP contribution in [0.2, 0.25) is 0 Å². The molecule has 0 atom stereocenters. The molecule has 0 saturated carbocycles. The smallest absolute Gasteiger partial charge is 0.219 e. The fourth-order valence-electron chi connectivity index (χ4n) is 4.40. The van der Waals surface area contributed by atoms with Crippen molar-refractivity contribution in [2.75, 3.05) is 45.9 Å². The van der Waals surface area contributed by atoms with Gasteiger partial charge in [-0.15, -0.1) is 0 Å². The number of piperazine rings is 1. The molecule has 0 N–H and O–H groups in total. The largest absolute Gasteiger partial charge is 0.493 e. The first-order valence-electron chi connectivity index (χ1n) is 9.65. The minimum atomic E-state index is 0.224. The number of hydrogen-bond donors (Lipinski definition) is 0. The minimum absolute atomic E-state index is 0.224. The van der Waals surface area contributed by atoms with Gasteiger partial charge >= 0.3 is 0 Å². The molecular weight excluding hydrogens is 314 g/mol. The van der Waals surface area contributed by atoms with Crippen molar-refractivity contribution in [2.24, 2.45) is 0 Å². The van der Waals surface area contributed by atoms with Crippen LogP contribution in [-0.4, -0.2) is 72.5 Å². The Morgan fingerprint density at radius 2 is 1.88 bits per heavy atom. The molecule has 4 rings (SSSR count). The zero-order valence-corrected chi connectivity index (χ0v) is 15.2. The molecule has 3 aliphatic heterocycles. The molecule has 1 aromatic carbocycles. The van der Waals surface area contributed by atoms with E-state index in [9.17, 15) is 4.79 Å². The first kappa shape index (κ1) is 16.9. The molecule has 136 valence electrons. The zero-order valence-electron chi connectivity index (χ0n) is 15.2. The Hall–Kier alpha value is -1.59. The lowest BCUT2D eigenvalue weighted by Crippen LogP contribution is -2.53. The maximum absolute atomic E-state index is 11.5. The van der Waals surface area contributed by atoms with Crippen molar-refractivity contribution < 1.29 is 9.53 Å². The first-order valence-corrected chi connectivity index (χ1v) is 9.65. The van der Waals surface area contributed by atoms with Gasteiger partial charge in [0.25, 0.3) is 0 Å². The van der Waals surface area contributed by atoms with Crippen molar-refractivity contribution in [3.63, 3.8) is 0 Å². The molecule has 0 spiro atoms. The molecular formula is C20H29N3O2. The molecule has 0 bridgehead atoms. The fourth-order valence-corrected chi connectivity index (χ4v) is 4.40. The number of benzene rings is 1. The first-order chi connectivity index (χ1) is 12.2. The number of carbonyl (C=O) groups is 1.